The van der Waals surface area contributed by atoms with Crippen molar-refractivity contribution in [3.63, 3.8) is 0 Å². The molecule has 1 fully saturated rings. The predicted molar refractivity (Wildman–Crippen MR) is 154 cm³/mol. The van der Waals surface area contributed by atoms with Crippen LogP contribution in [0.1, 0.15) is 25.0 Å². The third-order valence-electron chi connectivity index (χ3n) is 5.85. The highest BCUT2D eigenvalue weighted by molar-refractivity contribution is 8.26. The molecule has 0 bridgehead atoms. The van der Waals surface area contributed by atoms with Crippen molar-refractivity contribution < 1.29 is 9.53 Å². The maximum absolute atomic E-state index is 13.1. The first kappa shape index (κ1) is 25.0. The minimum absolute atomic E-state index is 0.0493. The van der Waals surface area contributed by atoms with E-state index in [0.29, 0.717) is 28.3 Å². The Morgan fingerprint density at radius 3 is 2.32 bits per heavy atom. The third-order valence-corrected chi connectivity index (χ3v) is 7.23. The lowest BCUT2D eigenvalue weighted by Crippen LogP contribution is -2.31. The predicted octanol–water partition coefficient (Wildman–Crippen LogP) is 6.98. The molecule has 0 unspecified atom stereocenters. The highest BCUT2D eigenvalue weighted by Gasteiger charge is 2.32. The van der Waals surface area contributed by atoms with Crippen molar-refractivity contribution in [1.82, 2.24) is 14.7 Å². The molecule has 0 radical (unpaired) electrons. The summed E-state index contributed by atoms with van der Waals surface area (Å²) in [6.45, 7) is 5.28. The van der Waals surface area contributed by atoms with Gasteiger partial charge in [0.15, 0.2) is 0 Å². The van der Waals surface area contributed by atoms with Gasteiger partial charge in [-0.2, -0.15) is 5.10 Å². The van der Waals surface area contributed by atoms with Crippen LogP contribution in [-0.4, -0.2) is 31.5 Å². The van der Waals surface area contributed by atoms with Crippen molar-refractivity contribution in [3.8, 4) is 22.7 Å². The largest absolute Gasteiger partial charge is 0.489 e. The van der Waals surface area contributed by atoms with Crippen LogP contribution in [0.3, 0.4) is 0 Å². The first-order valence-electron chi connectivity index (χ1n) is 12.2. The molecule has 0 atom stereocenters. The molecule has 186 valence electrons. The summed E-state index contributed by atoms with van der Waals surface area (Å²) in [7, 11) is 0. The van der Waals surface area contributed by atoms with E-state index in [1.54, 1.807) is 4.90 Å². The molecular weight excluding hydrogens is 498 g/mol. The number of nitrogens with zero attached hydrogens (tertiary/aromatic N) is 3. The van der Waals surface area contributed by atoms with Gasteiger partial charge in [0.05, 0.1) is 16.3 Å². The van der Waals surface area contributed by atoms with Crippen LogP contribution in [0.25, 0.3) is 23.0 Å². The first-order valence-corrected chi connectivity index (χ1v) is 13.4. The molecule has 0 spiro atoms. The highest BCUT2D eigenvalue weighted by atomic mass is 32.2. The van der Waals surface area contributed by atoms with Gasteiger partial charge in [-0.1, -0.05) is 86.4 Å². The fourth-order valence-electron chi connectivity index (χ4n) is 4.04. The molecule has 2 heterocycles. The van der Waals surface area contributed by atoms with E-state index in [2.05, 4.69) is 13.8 Å². The summed E-state index contributed by atoms with van der Waals surface area (Å²) in [4.78, 5) is 15.4. The molecular formula is C30H27N3O2S2. The lowest BCUT2D eigenvalue weighted by Gasteiger charge is -2.16. The van der Waals surface area contributed by atoms with Crippen LogP contribution in [-0.2, 0) is 11.4 Å². The van der Waals surface area contributed by atoms with Gasteiger partial charge >= 0.3 is 0 Å². The molecule has 1 amide bonds. The van der Waals surface area contributed by atoms with Gasteiger partial charge in [0.2, 0.25) is 0 Å². The summed E-state index contributed by atoms with van der Waals surface area (Å²) in [6.07, 6.45) is 3.86. The number of para-hydroxylation sites is 1. The normalized spacial score (nSPS) is 14.7. The van der Waals surface area contributed by atoms with Crippen LogP contribution in [0, 0.1) is 5.92 Å². The van der Waals surface area contributed by atoms with Crippen LogP contribution in [0.2, 0.25) is 0 Å². The van der Waals surface area contributed by atoms with Crippen LogP contribution >= 0.6 is 24.0 Å². The zero-order valence-corrected chi connectivity index (χ0v) is 22.3. The molecule has 4 aromatic rings. The van der Waals surface area contributed by atoms with Crippen LogP contribution < -0.4 is 4.74 Å². The zero-order chi connectivity index (χ0) is 25.8. The van der Waals surface area contributed by atoms with Crippen molar-refractivity contribution in [2.75, 3.05) is 6.54 Å². The van der Waals surface area contributed by atoms with E-state index in [9.17, 15) is 4.79 Å². The van der Waals surface area contributed by atoms with Gasteiger partial charge in [0, 0.05) is 23.9 Å². The summed E-state index contributed by atoms with van der Waals surface area (Å²) in [5, 5.41) is 4.89. The number of carbonyl (C=O) groups excluding carboxylic acids is 1. The number of thiocarbonyl (C=S) groups is 1. The Labute approximate surface area is 226 Å². The summed E-state index contributed by atoms with van der Waals surface area (Å²) in [5.74, 6) is 1.07. The molecule has 0 saturated carbocycles. The second-order valence-corrected chi connectivity index (χ2v) is 10.9. The van der Waals surface area contributed by atoms with Gasteiger partial charge in [-0.3, -0.25) is 9.69 Å². The number of ether oxygens (including phenoxy) is 1. The fraction of sp³-hybridized carbons (Fsp3) is 0.167. The summed E-state index contributed by atoms with van der Waals surface area (Å²) < 4.78 is 8.40. The number of hydrogen-bond donors (Lipinski definition) is 0. The van der Waals surface area contributed by atoms with E-state index in [-0.39, 0.29) is 5.91 Å². The molecule has 7 heteroatoms. The summed E-state index contributed by atoms with van der Waals surface area (Å²) >= 11 is 6.85. The van der Waals surface area contributed by atoms with Crippen molar-refractivity contribution in [3.05, 3.63) is 107 Å². The average molecular weight is 526 g/mol. The minimum atomic E-state index is -0.0493. The Bertz CT molecular complexity index is 1430. The lowest BCUT2D eigenvalue weighted by atomic mass is 10.1. The van der Waals surface area contributed by atoms with Crippen molar-refractivity contribution in [2.24, 2.45) is 5.92 Å². The van der Waals surface area contributed by atoms with Crippen molar-refractivity contribution in [2.45, 2.75) is 20.5 Å². The maximum atomic E-state index is 13.1. The second-order valence-electron chi connectivity index (χ2n) is 9.20. The van der Waals surface area contributed by atoms with E-state index >= 15 is 0 Å². The number of benzene rings is 3. The summed E-state index contributed by atoms with van der Waals surface area (Å²) in [5.41, 5.74) is 4.63. The smallest absolute Gasteiger partial charge is 0.266 e. The topological polar surface area (TPSA) is 47.4 Å². The highest BCUT2D eigenvalue weighted by Crippen LogP contribution is 2.35. The van der Waals surface area contributed by atoms with Crippen molar-refractivity contribution in [1.29, 1.82) is 0 Å². The monoisotopic (exact) mass is 525 g/mol. The molecule has 3 aromatic carbocycles. The standard InChI is InChI=1S/C30H27N3O2S2/c1-21(2)18-32-29(34)27(37-30(32)36)17-24-19-33(25-11-7-4-8-12-25)31-28(24)23-13-15-26(16-14-23)35-20-22-9-5-3-6-10-22/h3-17,19,21H,18,20H2,1-2H3/b27-17-. The van der Waals surface area contributed by atoms with Gasteiger partial charge in [0.1, 0.15) is 16.7 Å². The van der Waals surface area contributed by atoms with Gasteiger partial charge in [-0.05, 0) is 54.0 Å². The number of rotatable bonds is 8. The van der Waals surface area contributed by atoms with Crippen LogP contribution in [0.5, 0.6) is 5.75 Å². The van der Waals surface area contributed by atoms with E-state index in [1.165, 1.54) is 11.8 Å². The van der Waals surface area contributed by atoms with Crippen molar-refractivity contribution >= 4 is 40.3 Å². The number of carbonyl (C=O) groups is 1. The lowest BCUT2D eigenvalue weighted by molar-refractivity contribution is -0.122. The third kappa shape index (κ3) is 5.84. The number of hydrogen-bond acceptors (Lipinski definition) is 5. The van der Waals surface area contributed by atoms with E-state index < -0.39 is 0 Å². The van der Waals surface area contributed by atoms with E-state index in [0.717, 1.165) is 33.8 Å². The van der Waals surface area contributed by atoms with Gasteiger partial charge in [0.25, 0.3) is 5.91 Å². The molecule has 0 aliphatic carbocycles. The number of thioether (sulfide) groups is 1. The molecule has 1 aliphatic rings. The van der Waals surface area contributed by atoms with Gasteiger partial charge in [-0.25, -0.2) is 4.68 Å². The van der Waals surface area contributed by atoms with Crippen LogP contribution in [0.4, 0.5) is 0 Å². The molecule has 5 rings (SSSR count). The minimum Gasteiger partial charge on any atom is -0.489 e. The Hall–Kier alpha value is -3.68. The van der Waals surface area contributed by atoms with Crippen LogP contribution in [0.15, 0.2) is 96.0 Å². The summed E-state index contributed by atoms with van der Waals surface area (Å²) in [6, 6.07) is 27.9. The Morgan fingerprint density at radius 2 is 1.65 bits per heavy atom. The van der Waals surface area contributed by atoms with Gasteiger partial charge < -0.3 is 4.74 Å². The Balaban J connectivity index is 1.45. The zero-order valence-electron chi connectivity index (χ0n) is 20.7. The van der Waals surface area contributed by atoms with Gasteiger partial charge in [-0.15, -0.1) is 0 Å². The quantitative estimate of drug-likeness (QED) is 0.184. The van der Waals surface area contributed by atoms with E-state index in [1.807, 2.05) is 102 Å². The fourth-order valence-corrected chi connectivity index (χ4v) is 5.31. The average Bonchev–Trinajstić information content (AvgIpc) is 3.45. The second kappa shape index (κ2) is 11.2. The number of aromatic nitrogens is 2. The Morgan fingerprint density at radius 1 is 0.973 bits per heavy atom. The SMILES string of the molecule is CC(C)CN1C(=O)/C(=C/c2cn(-c3ccccc3)nc2-c2ccc(OCc3ccccc3)cc2)SC1=S. The molecule has 0 N–H and O–H groups in total. The molecule has 37 heavy (non-hydrogen) atoms. The molecule has 5 nitrogen and oxygen atoms in total. The molecule has 1 saturated heterocycles. The van der Waals surface area contributed by atoms with E-state index in [4.69, 9.17) is 22.1 Å². The molecule has 1 aliphatic heterocycles. The first-order chi connectivity index (χ1) is 18.0. The molecule has 1 aromatic heterocycles. The Kier molecular flexibility index (Phi) is 7.53. The maximum Gasteiger partial charge on any atom is 0.266 e. The number of amides is 1.